The van der Waals surface area contributed by atoms with Gasteiger partial charge in [0.15, 0.2) is 5.11 Å². The SMILES string of the molecule is Cc1cc(N2C(=S)N[C@H](c3ccccn3)[C@H]2c2cccn2-c2ccc([N+](=O)[O-])cc2)ccc1NC(=O)C(C)C. The molecule has 5 rings (SSSR count). The monoisotopic (exact) mass is 540 g/mol. The summed E-state index contributed by atoms with van der Waals surface area (Å²) in [7, 11) is 0. The van der Waals surface area contributed by atoms with E-state index < -0.39 is 4.92 Å². The van der Waals surface area contributed by atoms with Crippen molar-refractivity contribution in [3.8, 4) is 5.69 Å². The van der Waals surface area contributed by atoms with Gasteiger partial charge in [0, 0.05) is 53.2 Å². The van der Waals surface area contributed by atoms with E-state index >= 15 is 0 Å². The summed E-state index contributed by atoms with van der Waals surface area (Å²) in [6.45, 7) is 5.67. The quantitative estimate of drug-likeness (QED) is 0.172. The lowest BCUT2D eigenvalue weighted by Gasteiger charge is -2.29. The Morgan fingerprint density at radius 2 is 1.82 bits per heavy atom. The fourth-order valence-electron chi connectivity index (χ4n) is 4.75. The third-order valence-electron chi connectivity index (χ3n) is 6.79. The molecule has 198 valence electrons. The molecule has 1 saturated heterocycles. The van der Waals surface area contributed by atoms with Crippen molar-refractivity contribution in [2.24, 2.45) is 5.92 Å². The third-order valence-corrected chi connectivity index (χ3v) is 7.11. The number of amides is 1. The standard InChI is InChI=1S/C29H28N6O3S/c1-18(2)28(36)31-23-14-13-22(17-19(23)3)34-27(26(32-29(34)39)24-7-4-5-15-30-24)25-8-6-16-33(25)20-9-11-21(12-10-20)35(37)38/h4-18,26-27H,1-3H3,(H,31,36)(H,32,39)/t26-,27-/m1/s1. The fourth-order valence-corrected chi connectivity index (χ4v) is 5.10. The maximum absolute atomic E-state index is 12.3. The molecule has 0 bridgehead atoms. The average Bonchev–Trinajstić information content (AvgIpc) is 3.54. The van der Waals surface area contributed by atoms with Crippen LogP contribution in [0.4, 0.5) is 17.1 Å². The number of hydrogen-bond donors (Lipinski definition) is 2. The number of thiocarbonyl (C=S) groups is 1. The summed E-state index contributed by atoms with van der Waals surface area (Å²) >= 11 is 5.87. The molecular formula is C29H28N6O3S. The molecule has 0 saturated carbocycles. The van der Waals surface area contributed by atoms with Gasteiger partial charge in [0.25, 0.3) is 5.69 Å². The van der Waals surface area contributed by atoms with Crippen LogP contribution in [0, 0.1) is 23.0 Å². The van der Waals surface area contributed by atoms with Crippen molar-refractivity contribution < 1.29 is 9.72 Å². The molecule has 2 atom stereocenters. The van der Waals surface area contributed by atoms with Gasteiger partial charge < -0.3 is 20.1 Å². The maximum atomic E-state index is 12.3. The van der Waals surface area contributed by atoms with E-state index in [4.69, 9.17) is 12.2 Å². The van der Waals surface area contributed by atoms with Gasteiger partial charge in [-0.1, -0.05) is 19.9 Å². The van der Waals surface area contributed by atoms with Crippen LogP contribution in [-0.2, 0) is 4.79 Å². The van der Waals surface area contributed by atoms with Crippen LogP contribution >= 0.6 is 12.2 Å². The summed E-state index contributed by atoms with van der Waals surface area (Å²) in [5.74, 6) is -0.173. The lowest BCUT2D eigenvalue weighted by molar-refractivity contribution is -0.384. The van der Waals surface area contributed by atoms with Crippen molar-refractivity contribution >= 4 is 40.3 Å². The van der Waals surface area contributed by atoms with Gasteiger partial charge in [0.1, 0.15) is 6.04 Å². The molecule has 4 aromatic rings. The number of aromatic nitrogens is 2. The highest BCUT2D eigenvalue weighted by Crippen LogP contribution is 2.43. The molecule has 1 fully saturated rings. The minimum atomic E-state index is -0.409. The molecule has 10 heteroatoms. The van der Waals surface area contributed by atoms with Gasteiger partial charge in [0.2, 0.25) is 5.91 Å². The number of pyridine rings is 1. The number of carbonyl (C=O) groups excluding carboxylic acids is 1. The first kappa shape index (κ1) is 26.1. The van der Waals surface area contributed by atoms with Crippen molar-refractivity contribution in [3.63, 3.8) is 0 Å². The molecule has 2 aromatic heterocycles. The van der Waals surface area contributed by atoms with E-state index in [0.29, 0.717) is 5.11 Å². The van der Waals surface area contributed by atoms with E-state index in [1.165, 1.54) is 12.1 Å². The van der Waals surface area contributed by atoms with Crippen LogP contribution in [-0.4, -0.2) is 25.5 Å². The van der Waals surface area contributed by atoms with Crippen molar-refractivity contribution in [3.05, 3.63) is 112 Å². The van der Waals surface area contributed by atoms with Gasteiger partial charge in [-0.2, -0.15) is 0 Å². The van der Waals surface area contributed by atoms with Crippen molar-refractivity contribution in [2.45, 2.75) is 32.9 Å². The molecule has 0 spiro atoms. The summed E-state index contributed by atoms with van der Waals surface area (Å²) in [5, 5.41) is 18.2. The molecule has 39 heavy (non-hydrogen) atoms. The number of nitrogens with zero attached hydrogens (tertiary/aromatic N) is 4. The Kier molecular flexibility index (Phi) is 7.12. The zero-order chi connectivity index (χ0) is 27.7. The van der Waals surface area contributed by atoms with Gasteiger partial charge in [-0.05, 0) is 79.3 Å². The Bertz CT molecular complexity index is 1530. The molecule has 0 aliphatic carbocycles. The number of anilines is 2. The molecule has 2 N–H and O–H groups in total. The number of nitro benzene ring substituents is 1. The minimum Gasteiger partial charge on any atom is -0.351 e. The minimum absolute atomic E-state index is 0.0317. The van der Waals surface area contributed by atoms with E-state index in [-0.39, 0.29) is 29.6 Å². The second-order valence-electron chi connectivity index (χ2n) is 9.72. The Morgan fingerprint density at radius 1 is 1.08 bits per heavy atom. The van der Waals surface area contributed by atoms with E-state index in [2.05, 4.69) is 20.5 Å². The summed E-state index contributed by atoms with van der Waals surface area (Å²) in [5.41, 5.74) is 5.12. The summed E-state index contributed by atoms with van der Waals surface area (Å²) < 4.78 is 2.01. The van der Waals surface area contributed by atoms with Crippen LogP contribution in [0.15, 0.2) is 85.2 Å². The Morgan fingerprint density at radius 3 is 2.46 bits per heavy atom. The average molecular weight is 541 g/mol. The molecule has 1 aliphatic rings. The molecule has 9 nitrogen and oxygen atoms in total. The van der Waals surface area contributed by atoms with Gasteiger partial charge in [-0.15, -0.1) is 0 Å². The molecule has 2 aromatic carbocycles. The molecule has 3 heterocycles. The summed E-state index contributed by atoms with van der Waals surface area (Å²) in [6, 6.07) is 21.5. The summed E-state index contributed by atoms with van der Waals surface area (Å²) in [6.07, 6.45) is 3.69. The van der Waals surface area contributed by atoms with Crippen LogP contribution in [0.1, 0.15) is 42.9 Å². The maximum Gasteiger partial charge on any atom is 0.269 e. The van der Waals surface area contributed by atoms with Gasteiger partial charge in [-0.3, -0.25) is 19.9 Å². The predicted octanol–water partition coefficient (Wildman–Crippen LogP) is 5.86. The third kappa shape index (κ3) is 5.10. The second-order valence-corrected chi connectivity index (χ2v) is 10.1. The lowest BCUT2D eigenvalue weighted by Crippen LogP contribution is -2.30. The van der Waals surface area contributed by atoms with Crippen LogP contribution in [0.3, 0.4) is 0 Å². The largest absolute Gasteiger partial charge is 0.351 e. The van der Waals surface area contributed by atoms with E-state index in [0.717, 1.165) is 34.0 Å². The normalized spacial score (nSPS) is 16.8. The number of nitro groups is 1. The highest BCUT2D eigenvalue weighted by molar-refractivity contribution is 7.80. The topological polar surface area (TPSA) is 105 Å². The zero-order valence-electron chi connectivity index (χ0n) is 21.7. The molecule has 1 amide bonds. The van der Waals surface area contributed by atoms with Crippen LogP contribution < -0.4 is 15.5 Å². The Labute approximate surface area is 231 Å². The molecule has 1 aliphatic heterocycles. The second kappa shape index (κ2) is 10.7. The van der Waals surface area contributed by atoms with Crippen molar-refractivity contribution in [1.82, 2.24) is 14.9 Å². The summed E-state index contributed by atoms with van der Waals surface area (Å²) in [4.78, 5) is 29.8. The number of hydrogen-bond acceptors (Lipinski definition) is 5. The first-order chi connectivity index (χ1) is 18.7. The van der Waals surface area contributed by atoms with E-state index in [1.54, 1.807) is 18.3 Å². The Hall–Kier alpha value is -4.57. The van der Waals surface area contributed by atoms with Crippen LogP contribution in [0.25, 0.3) is 5.69 Å². The molecule has 0 unspecified atom stereocenters. The van der Waals surface area contributed by atoms with Crippen molar-refractivity contribution in [1.29, 1.82) is 0 Å². The van der Waals surface area contributed by atoms with Crippen molar-refractivity contribution in [2.75, 3.05) is 10.2 Å². The highest BCUT2D eigenvalue weighted by Gasteiger charge is 2.42. The number of aryl methyl sites for hydroxylation is 1. The van der Waals surface area contributed by atoms with Gasteiger partial charge in [-0.25, -0.2) is 0 Å². The first-order valence-electron chi connectivity index (χ1n) is 12.6. The number of non-ortho nitro benzene ring substituents is 1. The molecule has 0 radical (unpaired) electrons. The first-order valence-corrected chi connectivity index (χ1v) is 13.0. The zero-order valence-corrected chi connectivity index (χ0v) is 22.6. The number of nitrogens with one attached hydrogen (secondary N) is 2. The highest BCUT2D eigenvalue weighted by atomic mass is 32.1. The number of rotatable bonds is 7. The Balaban J connectivity index is 1.59. The number of carbonyl (C=O) groups is 1. The predicted molar refractivity (Wildman–Crippen MR) is 155 cm³/mol. The fraction of sp³-hybridized carbons (Fsp3) is 0.207. The van der Waals surface area contributed by atoms with Gasteiger partial charge >= 0.3 is 0 Å². The lowest BCUT2D eigenvalue weighted by atomic mass is 10.00. The van der Waals surface area contributed by atoms with Crippen LogP contribution in [0.5, 0.6) is 0 Å². The van der Waals surface area contributed by atoms with Crippen LogP contribution in [0.2, 0.25) is 0 Å². The molecular weight excluding hydrogens is 512 g/mol. The van der Waals surface area contributed by atoms with E-state index in [1.807, 2.05) is 80.1 Å². The van der Waals surface area contributed by atoms with Gasteiger partial charge in [0.05, 0.1) is 16.7 Å². The number of benzene rings is 2. The van der Waals surface area contributed by atoms with E-state index in [9.17, 15) is 14.9 Å². The smallest absolute Gasteiger partial charge is 0.269 e.